The lowest BCUT2D eigenvalue weighted by Gasteiger charge is -2.08. The van der Waals surface area contributed by atoms with E-state index < -0.39 is 5.89 Å². The van der Waals surface area contributed by atoms with Gasteiger partial charge in [0.05, 0.1) is 13.3 Å². The van der Waals surface area contributed by atoms with Gasteiger partial charge < -0.3 is 0 Å². The molecule has 1 heterocycles. The third-order valence-electron chi connectivity index (χ3n) is 3.16. The van der Waals surface area contributed by atoms with Gasteiger partial charge in [-0.05, 0) is 37.1 Å². The van der Waals surface area contributed by atoms with Crippen LogP contribution in [0.15, 0.2) is 42.6 Å². The molecule has 1 unspecified atom stereocenters. The Balaban J connectivity index is 2.53. The average molecular weight is 238 g/mol. The van der Waals surface area contributed by atoms with E-state index in [9.17, 15) is 0 Å². The quantitative estimate of drug-likeness (QED) is 0.739. The van der Waals surface area contributed by atoms with Gasteiger partial charge in [0.2, 0.25) is 5.69 Å². The largest absolute Gasteiger partial charge is 0.212 e. The van der Waals surface area contributed by atoms with Gasteiger partial charge in [-0.25, -0.2) is 4.57 Å². The molecule has 0 spiro atoms. The van der Waals surface area contributed by atoms with E-state index in [2.05, 4.69) is 10.6 Å². The molecule has 1 aromatic carbocycles. The predicted octanol–water partition coefficient (Wildman–Crippen LogP) is 3.11. The van der Waals surface area contributed by atoms with Crippen molar-refractivity contribution >= 4 is 0 Å². The Labute approximate surface area is 110 Å². The Morgan fingerprint density at radius 3 is 2.72 bits per heavy atom. The first kappa shape index (κ1) is 11.0. The van der Waals surface area contributed by atoms with Gasteiger partial charge in [0.1, 0.15) is 7.05 Å². The lowest BCUT2D eigenvalue weighted by atomic mass is 9.96. The van der Waals surface area contributed by atoms with Crippen LogP contribution in [0.3, 0.4) is 0 Å². The van der Waals surface area contributed by atoms with Gasteiger partial charge in [0.25, 0.3) is 0 Å². The molecule has 2 aromatic rings. The van der Waals surface area contributed by atoms with Crippen molar-refractivity contribution in [1.29, 1.82) is 5.26 Å². The van der Waals surface area contributed by atoms with Crippen molar-refractivity contribution in [2.45, 2.75) is 19.7 Å². The fourth-order valence-electron chi connectivity index (χ4n) is 2.05. The fourth-order valence-corrected chi connectivity index (χ4v) is 2.05. The van der Waals surface area contributed by atoms with Crippen LogP contribution in [0.5, 0.6) is 0 Å². The molecule has 2 heteroatoms. The van der Waals surface area contributed by atoms with Crippen LogP contribution in [-0.4, -0.2) is 0 Å². The van der Waals surface area contributed by atoms with Crippen LogP contribution in [0, 0.1) is 18.3 Å². The summed E-state index contributed by atoms with van der Waals surface area (Å²) in [6.07, 6.45) is 2.01. The van der Waals surface area contributed by atoms with Crippen molar-refractivity contribution in [3.63, 3.8) is 0 Å². The van der Waals surface area contributed by atoms with Crippen LogP contribution in [0.4, 0.5) is 0 Å². The zero-order valence-electron chi connectivity index (χ0n) is 11.9. The number of nitrogens with zero attached hydrogens (tertiary/aromatic N) is 2. The Kier molecular flexibility index (Phi) is 3.06. The molecule has 0 saturated carbocycles. The number of pyridine rings is 1. The van der Waals surface area contributed by atoms with Crippen LogP contribution in [-0.2, 0) is 7.05 Å². The van der Waals surface area contributed by atoms with Gasteiger partial charge in [0.15, 0.2) is 6.20 Å². The summed E-state index contributed by atoms with van der Waals surface area (Å²) >= 11 is 0. The van der Waals surface area contributed by atoms with E-state index in [0.717, 1.165) is 22.4 Å². The first-order valence-electron chi connectivity index (χ1n) is 6.43. The topological polar surface area (TPSA) is 27.7 Å². The van der Waals surface area contributed by atoms with Gasteiger partial charge in [-0.1, -0.05) is 12.1 Å². The lowest BCUT2D eigenvalue weighted by Crippen LogP contribution is -2.30. The minimum absolute atomic E-state index is 0.731. The average Bonchev–Trinajstić information content (AvgIpc) is 2.39. The molecule has 0 radical (unpaired) electrons. The molecule has 18 heavy (non-hydrogen) atoms. The number of nitriles is 1. The molecule has 2 rings (SSSR count). The lowest BCUT2D eigenvalue weighted by molar-refractivity contribution is -0.660. The number of aromatic nitrogens is 1. The maximum Gasteiger partial charge on any atom is 0.212 e. The Morgan fingerprint density at radius 1 is 1.33 bits per heavy atom. The monoisotopic (exact) mass is 238 g/mol. The zero-order valence-corrected chi connectivity index (χ0v) is 10.9. The first-order valence-corrected chi connectivity index (χ1v) is 5.93. The Bertz CT molecular complexity index is 654. The van der Waals surface area contributed by atoms with Crippen LogP contribution in [0.1, 0.15) is 25.3 Å². The van der Waals surface area contributed by atoms with E-state index in [1.54, 1.807) is 6.92 Å². The van der Waals surface area contributed by atoms with E-state index in [4.69, 9.17) is 6.63 Å². The highest BCUT2D eigenvalue weighted by Gasteiger charge is 2.13. The summed E-state index contributed by atoms with van der Waals surface area (Å²) in [6.45, 7) is 3.63. The van der Waals surface area contributed by atoms with Crippen molar-refractivity contribution in [2.24, 2.45) is 7.05 Å². The molecule has 0 amide bonds. The molecular formula is C16H17N2+. The number of hydrogen-bond donors (Lipinski definition) is 0. The van der Waals surface area contributed by atoms with Crippen LogP contribution in [0.25, 0.3) is 11.3 Å². The summed E-state index contributed by atoms with van der Waals surface area (Å²) in [5.74, 6) is -1.19. The maximum absolute atomic E-state index is 9.03. The second-order valence-electron chi connectivity index (χ2n) is 4.46. The highest BCUT2D eigenvalue weighted by molar-refractivity contribution is 5.61. The third kappa shape index (κ3) is 2.26. The van der Waals surface area contributed by atoms with Gasteiger partial charge in [-0.2, -0.15) is 5.26 Å². The molecule has 0 aliphatic rings. The van der Waals surface area contributed by atoms with Crippen molar-refractivity contribution in [3.05, 3.63) is 53.7 Å². The van der Waals surface area contributed by atoms with Crippen molar-refractivity contribution < 1.29 is 5.94 Å². The van der Waals surface area contributed by atoms with Crippen molar-refractivity contribution in [3.8, 4) is 17.3 Å². The number of rotatable bonds is 2. The SMILES string of the molecule is [2H]C(C)(C#N)c1ccc(-c2cccc[n+]2C)c(C)c1. The molecule has 1 aromatic heterocycles. The summed E-state index contributed by atoms with van der Waals surface area (Å²) in [7, 11) is 2.01. The van der Waals surface area contributed by atoms with Crippen molar-refractivity contribution in [1.82, 2.24) is 0 Å². The first-order chi connectivity index (χ1) is 8.95. The molecular weight excluding hydrogens is 220 g/mol. The van der Waals surface area contributed by atoms with Gasteiger partial charge >= 0.3 is 0 Å². The van der Waals surface area contributed by atoms with Gasteiger partial charge in [0, 0.05) is 17.7 Å². The molecule has 90 valence electrons. The summed E-state index contributed by atoms with van der Waals surface area (Å²) in [5.41, 5.74) is 4.05. The van der Waals surface area contributed by atoms with Crippen LogP contribution in [0.2, 0.25) is 0 Å². The smallest absolute Gasteiger partial charge is 0.201 e. The summed E-state index contributed by atoms with van der Waals surface area (Å²) in [4.78, 5) is 0. The van der Waals surface area contributed by atoms with E-state index in [-0.39, 0.29) is 0 Å². The van der Waals surface area contributed by atoms with E-state index in [0.29, 0.717) is 0 Å². The molecule has 0 bridgehead atoms. The van der Waals surface area contributed by atoms with Crippen LogP contribution < -0.4 is 4.57 Å². The minimum Gasteiger partial charge on any atom is -0.201 e. The Morgan fingerprint density at radius 2 is 2.11 bits per heavy atom. The zero-order chi connectivity index (χ0) is 14.0. The second-order valence-corrected chi connectivity index (χ2v) is 4.46. The normalized spacial score (nSPS) is 14.4. The fraction of sp³-hybridized carbons (Fsp3) is 0.250. The van der Waals surface area contributed by atoms with Crippen LogP contribution >= 0.6 is 0 Å². The van der Waals surface area contributed by atoms with Gasteiger partial charge in [-0.3, -0.25) is 0 Å². The maximum atomic E-state index is 9.03. The molecule has 0 aliphatic heterocycles. The molecule has 0 fully saturated rings. The highest BCUT2D eigenvalue weighted by atomic mass is 14.9. The standard InChI is InChI=1S/C16H17N2/c1-12-10-14(13(2)11-17)7-8-15(12)16-6-4-5-9-18(16)3/h4-10,13H,1-3H3/q+1/i13D. The number of benzene rings is 1. The summed E-state index contributed by atoms with van der Waals surface area (Å²) in [5, 5.41) is 9.03. The number of hydrogen-bond acceptors (Lipinski definition) is 1. The molecule has 1 atom stereocenters. The second kappa shape index (κ2) is 5.01. The third-order valence-corrected chi connectivity index (χ3v) is 3.16. The highest BCUT2D eigenvalue weighted by Crippen LogP contribution is 2.24. The van der Waals surface area contributed by atoms with E-state index in [1.165, 1.54) is 0 Å². The Hall–Kier alpha value is -2.14. The molecule has 0 saturated heterocycles. The minimum atomic E-state index is -1.19. The summed E-state index contributed by atoms with van der Waals surface area (Å²) < 4.78 is 10.0. The van der Waals surface area contributed by atoms with E-state index >= 15 is 0 Å². The van der Waals surface area contributed by atoms with Gasteiger partial charge in [-0.15, -0.1) is 0 Å². The molecule has 0 aliphatic carbocycles. The van der Waals surface area contributed by atoms with Crippen molar-refractivity contribution in [2.75, 3.05) is 0 Å². The summed E-state index contributed by atoms with van der Waals surface area (Å²) in [6, 6.07) is 13.9. The molecule has 0 N–H and O–H groups in total. The van der Waals surface area contributed by atoms with E-state index in [1.807, 2.05) is 56.6 Å². The predicted molar refractivity (Wildman–Crippen MR) is 71.8 cm³/mol. The number of aryl methyl sites for hydroxylation is 2. The molecule has 2 nitrogen and oxygen atoms in total.